The fourth-order valence-corrected chi connectivity index (χ4v) is 13.0. The Kier molecular flexibility index (Phi) is 29.1. The number of hydrogen-bond acceptors (Lipinski definition) is 18. The first-order valence-electron chi connectivity index (χ1n) is 37.5. The molecule has 0 aromatic heterocycles. The molecule has 0 spiro atoms. The molecule has 0 heterocycles. The maximum absolute atomic E-state index is 13.6. The zero-order valence-corrected chi connectivity index (χ0v) is 75.9. The second-order valence-corrected chi connectivity index (χ2v) is 41.4. The Morgan fingerprint density at radius 3 is 0.348 bits per heavy atom. The van der Waals surface area contributed by atoms with Crippen LogP contribution in [0.25, 0.3) is 0 Å². The standard InChI is InChI=1S/3C30H42O8.Mo/c3*1-27(2,3)17-13-15(25(33)34)23(19(21(17)31)29(7,8)9)37-38-24-16(26(35)36)14-18(28(4,5)6)22(32)20(24)30(10,11)12;/h3*13-14,31-32H,1-12H3,(H,33,34)(H,35,36);/p-6. The van der Waals surface area contributed by atoms with Crippen LogP contribution in [0.4, 0.5) is 0 Å². The number of rotatable bonds is 15. The molecule has 0 radical (unpaired) electrons. The average Bonchev–Trinajstić information content (AvgIpc) is 0.756. The van der Waals surface area contributed by atoms with Gasteiger partial charge >= 0.3 is 35.8 Å². The van der Waals surface area contributed by atoms with Crippen LogP contribution in [0.5, 0.6) is 69.0 Å². The van der Waals surface area contributed by atoms with Gasteiger partial charge in [-0.1, -0.05) is 284 Å². The van der Waals surface area contributed by atoms with Crippen molar-refractivity contribution in [2.24, 2.45) is 0 Å². The van der Waals surface area contributed by atoms with Gasteiger partial charge < -0.3 is 61.3 Å². The van der Waals surface area contributed by atoms with Crippen LogP contribution in [0.15, 0.2) is 36.4 Å². The van der Waals surface area contributed by atoms with E-state index in [-0.39, 0.29) is 122 Å². The van der Waals surface area contributed by atoms with Gasteiger partial charge in [-0.2, -0.15) is 0 Å². The van der Waals surface area contributed by atoms with Gasteiger partial charge in [0, 0.05) is 21.1 Å². The van der Waals surface area contributed by atoms with E-state index in [0.29, 0.717) is 33.4 Å². The first-order chi connectivity index (χ1) is 50.7. The molecule has 0 aliphatic carbocycles. The molecule has 0 atom stereocenters. The van der Waals surface area contributed by atoms with Crippen molar-refractivity contribution in [2.45, 2.75) is 314 Å². The van der Waals surface area contributed by atoms with Crippen molar-refractivity contribution in [2.75, 3.05) is 0 Å². The normalized spacial score (nSPS) is 12.7. The van der Waals surface area contributed by atoms with E-state index < -0.39 is 135 Å². The van der Waals surface area contributed by atoms with Crippen LogP contribution in [-0.4, -0.2) is 66.5 Å². The number of carbonyl (C=O) groups is 6. The Morgan fingerprint density at radius 2 is 0.287 bits per heavy atom. The third kappa shape index (κ3) is 22.3. The molecule has 6 aromatic carbocycles. The smallest absolute Gasteiger partial charge is 0.339 e. The van der Waals surface area contributed by atoms with E-state index in [0.717, 1.165) is 0 Å². The molecule has 0 aliphatic heterocycles. The van der Waals surface area contributed by atoms with Crippen molar-refractivity contribution >= 4 is 35.8 Å². The fraction of sp³-hybridized carbons (Fsp3) is 0.533. The summed E-state index contributed by atoms with van der Waals surface area (Å²) in [5.74, 6) is -12.4. The SMILES string of the molecule is CC(C)(C)c1cc(C(=O)O)c(OOc2c(C(=O)O)cc(C(C)(C)C)c([O-])c2C(C)(C)C)c(C(C)(C)C)c1[O-].CC(C)(C)c1cc(C(=O)O)c(OOc2c(C(=O)O)cc(C(C)(C)C)c([O-])c2C(C)(C)C)c(C(C)(C)C)c1[O-].CC(C)(C)c1cc(C(=O)O)c(OOc2c(C(=O)O)cc(C(C)(C)C)c([O-])c2C(C)(C)C)c(C(C)(C)C)c1[O-].[Mo]. The second-order valence-electron chi connectivity index (χ2n) is 41.4. The zero-order chi connectivity index (χ0) is 89.3. The van der Waals surface area contributed by atoms with Crippen molar-refractivity contribution in [3.8, 4) is 69.0 Å². The summed E-state index contributed by atoms with van der Waals surface area (Å²) in [5, 5.41) is 142. The van der Waals surface area contributed by atoms with E-state index >= 15 is 0 Å². The summed E-state index contributed by atoms with van der Waals surface area (Å²) in [6, 6.07) is 7.60. The predicted molar refractivity (Wildman–Crippen MR) is 425 cm³/mol. The first kappa shape index (κ1) is 99.6. The largest absolute Gasteiger partial charge is 0.872 e. The second kappa shape index (κ2) is 33.6. The molecule has 0 saturated carbocycles. The van der Waals surface area contributed by atoms with E-state index in [1.54, 1.807) is 249 Å². The van der Waals surface area contributed by atoms with Gasteiger partial charge in [-0.25, -0.2) is 28.8 Å². The number of carboxylic acid groups (broad SMARTS) is 6. The van der Waals surface area contributed by atoms with Crippen LogP contribution in [0, 0.1) is 0 Å². The van der Waals surface area contributed by atoms with Gasteiger partial charge in [-0.05, 0) is 168 Å². The number of carboxylic acids is 6. The summed E-state index contributed by atoms with van der Waals surface area (Å²) in [4.78, 5) is 108. The quantitative estimate of drug-likeness (QED) is 0.0316. The van der Waals surface area contributed by atoms with Crippen LogP contribution < -0.4 is 60.0 Å². The van der Waals surface area contributed by atoms with E-state index in [9.17, 15) is 90.0 Å². The van der Waals surface area contributed by atoms with Crippen LogP contribution in [-0.2, 0) is 86.0 Å². The summed E-state index contributed by atoms with van der Waals surface area (Å²) in [6.45, 7) is 63.9. The summed E-state index contributed by atoms with van der Waals surface area (Å²) in [6.07, 6.45) is 0. The zero-order valence-electron chi connectivity index (χ0n) is 73.9. The third-order valence-corrected chi connectivity index (χ3v) is 18.7. The summed E-state index contributed by atoms with van der Waals surface area (Å²) in [5.41, 5.74) is -8.68. The molecule has 0 unspecified atom stereocenters. The van der Waals surface area contributed by atoms with Crippen LogP contribution >= 0.6 is 0 Å². The van der Waals surface area contributed by atoms with Crippen molar-refractivity contribution < 1.29 is 140 Å². The predicted octanol–water partition coefficient (Wildman–Crippen LogP) is 17.4. The van der Waals surface area contributed by atoms with Gasteiger partial charge in [0.25, 0.3) is 0 Å². The number of benzene rings is 6. The van der Waals surface area contributed by atoms with Crippen LogP contribution in [0.3, 0.4) is 0 Å². The van der Waals surface area contributed by atoms with Crippen LogP contribution in [0.2, 0.25) is 0 Å². The molecule has 0 aliphatic rings. The molecule has 6 N–H and O–H groups in total. The van der Waals surface area contributed by atoms with Crippen molar-refractivity contribution in [3.05, 3.63) is 137 Å². The van der Waals surface area contributed by atoms with Crippen molar-refractivity contribution in [1.29, 1.82) is 0 Å². The molecule has 6 aromatic rings. The minimum Gasteiger partial charge on any atom is -0.872 e. The topological polar surface area (TPSA) is 418 Å². The van der Waals surface area contributed by atoms with E-state index in [4.69, 9.17) is 29.3 Å². The Labute approximate surface area is 692 Å². The molecule has 636 valence electrons. The summed E-state index contributed by atoms with van der Waals surface area (Å²) >= 11 is 0. The molecule has 24 nitrogen and oxygen atoms in total. The Balaban J connectivity index is 0.000000444. The minimum atomic E-state index is -1.35. The molecule has 0 fully saturated rings. The molecule has 0 bridgehead atoms. The molecule has 25 heteroatoms. The van der Waals surface area contributed by atoms with E-state index in [2.05, 4.69) is 0 Å². The van der Waals surface area contributed by atoms with Gasteiger partial charge in [-0.15, -0.1) is 0 Å². The van der Waals surface area contributed by atoms with E-state index in [1.807, 2.05) is 0 Å². The summed E-state index contributed by atoms with van der Waals surface area (Å²) < 4.78 is 0. The van der Waals surface area contributed by atoms with Gasteiger partial charge in [0.2, 0.25) is 0 Å². The third-order valence-electron chi connectivity index (χ3n) is 18.7. The van der Waals surface area contributed by atoms with Crippen LogP contribution in [0.1, 0.15) is 378 Å². The molecular formula is C90H120MoO24-6. The van der Waals surface area contributed by atoms with Gasteiger partial charge in [0.1, 0.15) is 33.4 Å². The number of hydrogen-bond donors (Lipinski definition) is 6. The molecule has 6 rings (SSSR count). The van der Waals surface area contributed by atoms with Gasteiger partial charge in [0.05, 0.1) is 0 Å². The fourth-order valence-electron chi connectivity index (χ4n) is 13.0. The Morgan fingerprint density at radius 1 is 0.200 bits per heavy atom. The van der Waals surface area contributed by atoms with Crippen molar-refractivity contribution in [1.82, 2.24) is 0 Å². The monoisotopic (exact) mass is 1680 g/mol. The molecule has 115 heavy (non-hydrogen) atoms. The van der Waals surface area contributed by atoms with Crippen molar-refractivity contribution in [3.63, 3.8) is 0 Å². The van der Waals surface area contributed by atoms with E-state index in [1.165, 1.54) is 36.4 Å². The Bertz CT molecular complexity index is 3960. The van der Waals surface area contributed by atoms with Gasteiger partial charge in [0.15, 0.2) is 34.5 Å². The molecule has 0 amide bonds. The van der Waals surface area contributed by atoms with Gasteiger partial charge in [-0.3, -0.25) is 29.3 Å². The maximum Gasteiger partial charge on any atom is 0.339 e. The summed E-state index contributed by atoms with van der Waals surface area (Å²) in [7, 11) is 0. The Hall–Kier alpha value is -9.57. The minimum absolute atomic E-state index is 0. The molecule has 0 saturated heterocycles. The average molecular weight is 1680 g/mol. The number of aromatic carboxylic acids is 6. The first-order valence-corrected chi connectivity index (χ1v) is 37.5. The molecular weight excluding hydrogens is 1560 g/mol. The maximum atomic E-state index is 13.6.